The van der Waals surface area contributed by atoms with Crippen molar-refractivity contribution in [2.75, 3.05) is 32.2 Å². The summed E-state index contributed by atoms with van der Waals surface area (Å²) < 4.78 is 44.7. The number of carbonyl (C=O) groups is 1. The standard InChI is InChI=1S/C28H27ClN2O6S/c1-35-25-12-10-22(29)15-24(25)31(38(33,34)23-11-13-26(36-2)27(16-23)37-3)18-28(32)30-17-19-8-9-20-6-4-5-7-21(20)14-19/h4-16H,17-18H2,1-3H3,(H,30,32). The molecule has 38 heavy (non-hydrogen) atoms. The lowest BCUT2D eigenvalue weighted by Gasteiger charge is -2.26. The molecule has 0 aliphatic carbocycles. The van der Waals surface area contributed by atoms with E-state index in [2.05, 4.69) is 5.32 Å². The molecule has 10 heteroatoms. The van der Waals surface area contributed by atoms with E-state index in [1.54, 1.807) is 12.1 Å². The number of carbonyl (C=O) groups excluding carboxylic acids is 1. The van der Waals surface area contributed by atoms with Crippen molar-refractivity contribution in [3.8, 4) is 17.2 Å². The van der Waals surface area contributed by atoms with Crippen molar-refractivity contribution in [1.82, 2.24) is 5.32 Å². The molecule has 1 amide bonds. The number of nitrogens with one attached hydrogen (secondary N) is 1. The summed E-state index contributed by atoms with van der Waals surface area (Å²) in [5.41, 5.74) is 1.00. The number of rotatable bonds is 10. The first-order valence-corrected chi connectivity index (χ1v) is 13.4. The maximum Gasteiger partial charge on any atom is 0.265 e. The summed E-state index contributed by atoms with van der Waals surface area (Å²) in [6.07, 6.45) is 0. The molecule has 0 aliphatic heterocycles. The van der Waals surface area contributed by atoms with Crippen molar-refractivity contribution in [2.24, 2.45) is 0 Å². The Balaban J connectivity index is 1.66. The molecule has 0 heterocycles. The van der Waals surface area contributed by atoms with Gasteiger partial charge in [-0.2, -0.15) is 0 Å². The lowest BCUT2D eigenvalue weighted by Crippen LogP contribution is -2.40. The number of methoxy groups -OCH3 is 3. The fraction of sp³-hybridized carbons (Fsp3) is 0.179. The molecule has 0 atom stereocenters. The Bertz CT molecular complexity index is 1580. The number of amides is 1. The fourth-order valence-electron chi connectivity index (χ4n) is 4.00. The van der Waals surface area contributed by atoms with Crippen molar-refractivity contribution in [3.63, 3.8) is 0 Å². The molecule has 0 saturated carbocycles. The number of sulfonamides is 1. The van der Waals surface area contributed by atoms with Crippen LogP contribution in [-0.2, 0) is 21.4 Å². The van der Waals surface area contributed by atoms with E-state index in [-0.39, 0.29) is 33.6 Å². The van der Waals surface area contributed by atoms with Gasteiger partial charge < -0.3 is 19.5 Å². The van der Waals surface area contributed by atoms with Crippen LogP contribution in [0.3, 0.4) is 0 Å². The van der Waals surface area contributed by atoms with E-state index >= 15 is 0 Å². The number of benzene rings is 4. The summed E-state index contributed by atoms with van der Waals surface area (Å²) in [6.45, 7) is -0.290. The van der Waals surface area contributed by atoms with Gasteiger partial charge in [-0.3, -0.25) is 9.10 Å². The van der Waals surface area contributed by atoms with Crippen LogP contribution in [0.4, 0.5) is 5.69 Å². The SMILES string of the molecule is COc1ccc(S(=O)(=O)N(CC(=O)NCc2ccc3ccccc3c2)c2cc(Cl)ccc2OC)cc1OC. The van der Waals surface area contributed by atoms with Crippen LogP contribution >= 0.6 is 11.6 Å². The maximum absolute atomic E-state index is 13.9. The Morgan fingerprint density at radius 3 is 2.21 bits per heavy atom. The van der Waals surface area contributed by atoms with Gasteiger partial charge in [0.2, 0.25) is 5.91 Å². The van der Waals surface area contributed by atoms with Gasteiger partial charge in [-0.15, -0.1) is 0 Å². The molecule has 0 saturated heterocycles. The van der Waals surface area contributed by atoms with Crippen LogP contribution in [0.5, 0.6) is 17.2 Å². The smallest absolute Gasteiger partial charge is 0.265 e. The molecule has 8 nitrogen and oxygen atoms in total. The third kappa shape index (κ3) is 5.79. The zero-order valence-corrected chi connectivity index (χ0v) is 22.7. The highest BCUT2D eigenvalue weighted by Crippen LogP contribution is 2.37. The number of nitrogens with zero attached hydrogens (tertiary/aromatic N) is 1. The van der Waals surface area contributed by atoms with E-state index in [9.17, 15) is 13.2 Å². The zero-order chi connectivity index (χ0) is 27.3. The quantitative estimate of drug-likeness (QED) is 0.295. The first kappa shape index (κ1) is 27.1. The zero-order valence-electron chi connectivity index (χ0n) is 21.1. The molecular formula is C28H27ClN2O6S. The average Bonchev–Trinajstić information content (AvgIpc) is 2.94. The van der Waals surface area contributed by atoms with Gasteiger partial charge in [0.1, 0.15) is 12.3 Å². The second kappa shape index (κ2) is 11.6. The molecule has 0 aromatic heterocycles. The molecule has 4 aromatic rings. The summed E-state index contributed by atoms with van der Waals surface area (Å²) in [5, 5.41) is 5.23. The monoisotopic (exact) mass is 554 g/mol. The summed E-state index contributed by atoms with van der Waals surface area (Å²) in [4.78, 5) is 13.0. The van der Waals surface area contributed by atoms with Gasteiger partial charge in [-0.25, -0.2) is 8.42 Å². The van der Waals surface area contributed by atoms with Gasteiger partial charge in [0, 0.05) is 17.6 Å². The highest BCUT2D eigenvalue weighted by atomic mass is 35.5. The second-order valence-corrected chi connectivity index (χ2v) is 10.6. The predicted octanol–water partition coefficient (Wildman–Crippen LogP) is 5.03. The predicted molar refractivity (Wildman–Crippen MR) is 148 cm³/mol. The Hall–Kier alpha value is -3.95. The third-order valence-corrected chi connectivity index (χ3v) is 7.93. The van der Waals surface area contributed by atoms with Gasteiger partial charge in [0.15, 0.2) is 11.5 Å². The molecular weight excluding hydrogens is 528 g/mol. The maximum atomic E-state index is 13.9. The molecule has 198 valence electrons. The number of anilines is 1. The summed E-state index contributed by atoms with van der Waals surface area (Å²) in [5.74, 6) is 0.323. The van der Waals surface area contributed by atoms with Crippen LogP contribution in [0, 0.1) is 0 Å². The molecule has 0 spiro atoms. The highest BCUT2D eigenvalue weighted by Gasteiger charge is 2.30. The van der Waals surface area contributed by atoms with E-state index in [0.29, 0.717) is 5.75 Å². The largest absolute Gasteiger partial charge is 0.495 e. The Morgan fingerprint density at radius 1 is 0.816 bits per heavy atom. The number of ether oxygens (including phenoxy) is 3. The number of halogens is 1. The van der Waals surface area contributed by atoms with Crippen molar-refractivity contribution in [2.45, 2.75) is 11.4 Å². The minimum Gasteiger partial charge on any atom is -0.495 e. The summed E-state index contributed by atoms with van der Waals surface area (Å²) in [7, 11) is 0.00328. The van der Waals surface area contributed by atoms with E-state index < -0.39 is 22.5 Å². The van der Waals surface area contributed by atoms with Crippen LogP contribution in [0.15, 0.2) is 83.8 Å². The lowest BCUT2D eigenvalue weighted by molar-refractivity contribution is -0.119. The van der Waals surface area contributed by atoms with E-state index in [0.717, 1.165) is 20.6 Å². The Labute approximate surface area is 226 Å². The summed E-state index contributed by atoms with van der Waals surface area (Å²) in [6, 6.07) is 22.5. The molecule has 0 unspecified atom stereocenters. The molecule has 0 bridgehead atoms. The van der Waals surface area contributed by atoms with Crippen LogP contribution in [0.2, 0.25) is 5.02 Å². The van der Waals surface area contributed by atoms with Crippen LogP contribution in [0.1, 0.15) is 5.56 Å². The normalized spacial score (nSPS) is 11.2. The van der Waals surface area contributed by atoms with Crippen molar-refractivity contribution in [1.29, 1.82) is 0 Å². The lowest BCUT2D eigenvalue weighted by atomic mass is 10.1. The minimum atomic E-state index is -4.27. The fourth-order valence-corrected chi connectivity index (χ4v) is 5.60. The molecule has 0 radical (unpaired) electrons. The molecule has 4 aromatic carbocycles. The van der Waals surface area contributed by atoms with Crippen molar-refractivity contribution in [3.05, 3.63) is 89.4 Å². The van der Waals surface area contributed by atoms with Gasteiger partial charge in [-0.05, 0) is 52.7 Å². The van der Waals surface area contributed by atoms with E-state index in [4.69, 9.17) is 25.8 Å². The average molecular weight is 555 g/mol. The number of hydrogen-bond donors (Lipinski definition) is 1. The first-order valence-electron chi connectivity index (χ1n) is 11.6. The van der Waals surface area contributed by atoms with E-state index in [1.165, 1.54) is 45.6 Å². The van der Waals surface area contributed by atoms with Crippen LogP contribution < -0.4 is 23.8 Å². The Kier molecular flexibility index (Phi) is 8.29. The third-order valence-electron chi connectivity index (χ3n) is 5.94. The molecule has 4 rings (SSSR count). The topological polar surface area (TPSA) is 94.2 Å². The van der Waals surface area contributed by atoms with Gasteiger partial charge >= 0.3 is 0 Å². The van der Waals surface area contributed by atoms with Crippen molar-refractivity contribution >= 4 is 44.0 Å². The van der Waals surface area contributed by atoms with Crippen LogP contribution in [0.25, 0.3) is 10.8 Å². The van der Waals surface area contributed by atoms with E-state index in [1.807, 2.05) is 42.5 Å². The second-order valence-electron chi connectivity index (χ2n) is 8.30. The number of fused-ring (bicyclic) bond motifs is 1. The van der Waals surface area contributed by atoms with Gasteiger partial charge in [0.05, 0.1) is 31.9 Å². The minimum absolute atomic E-state index is 0.0977. The Morgan fingerprint density at radius 2 is 1.50 bits per heavy atom. The molecule has 1 N–H and O–H groups in total. The molecule has 0 fully saturated rings. The van der Waals surface area contributed by atoms with Crippen LogP contribution in [-0.4, -0.2) is 42.2 Å². The van der Waals surface area contributed by atoms with Crippen molar-refractivity contribution < 1.29 is 27.4 Å². The van der Waals surface area contributed by atoms with Gasteiger partial charge in [0.25, 0.3) is 10.0 Å². The number of hydrogen-bond acceptors (Lipinski definition) is 6. The van der Waals surface area contributed by atoms with Gasteiger partial charge in [-0.1, -0.05) is 48.0 Å². The summed E-state index contributed by atoms with van der Waals surface area (Å²) >= 11 is 6.21. The highest BCUT2D eigenvalue weighted by molar-refractivity contribution is 7.92. The first-order chi connectivity index (χ1) is 18.3. The molecule has 0 aliphatic rings.